The summed E-state index contributed by atoms with van der Waals surface area (Å²) in [6, 6.07) is 0. The molecule has 0 amide bonds. The van der Waals surface area contributed by atoms with Crippen LogP contribution in [0.2, 0.25) is 3.43 Å². The monoisotopic (exact) mass is 274 g/mol. The van der Waals surface area contributed by atoms with Gasteiger partial charge in [0.2, 0.25) is 0 Å². The number of nitrogens with zero attached hydrogens (tertiary/aromatic N) is 2. The summed E-state index contributed by atoms with van der Waals surface area (Å²) in [5.41, 5.74) is 0. The predicted octanol–water partition coefficient (Wildman–Crippen LogP) is 1.16. The summed E-state index contributed by atoms with van der Waals surface area (Å²) in [5, 5.41) is 0. The molecule has 0 N–H and O–H groups in total. The Kier molecular flexibility index (Phi) is 3.03. The molecule has 12 heavy (non-hydrogen) atoms. The van der Waals surface area contributed by atoms with Crippen molar-refractivity contribution in [2.24, 2.45) is 0 Å². The molecule has 0 fully saturated rings. The average Bonchev–Trinajstić information content (AvgIpc) is 1.91. The SMILES string of the molecule is C[C](C)(C)[Sn][c]1cnc(F)nc1. The van der Waals surface area contributed by atoms with Crippen molar-refractivity contribution in [1.29, 1.82) is 0 Å². The van der Waals surface area contributed by atoms with Crippen LogP contribution in [0.1, 0.15) is 20.8 Å². The molecule has 0 aliphatic carbocycles. The van der Waals surface area contributed by atoms with Crippen LogP contribution in [0, 0.1) is 6.08 Å². The first kappa shape index (κ1) is 9.89. The molecule has 0 saturated heterocycles. The second-order valence-corrected chi connectivity index (χ2v) is 10.3. The Morgan fingerprint density at radius 1 is 1.25 bits per heavy atom. The van der Waals surface area contributed by atoms with Crippen molar-refractivity contribution in [2.75, 3.05) is 0 Å². The second-order valence-electron chi connectivity index (χ2n) is 3.62. The van der Waals surface area contributed by atoms with Gasteiger partial charge in [-0.3, -0.25) is 0 Å². The summed E-state index contributed by atoms with van der Waals surface area (Å²) >= 11 is -0.661. The molecule has 1 aromatic heterocycles. The number of hydrogen-bond acceptors (Lipinski definition) is 2. The van der Waals surface area contributed by atoms with Gasteiger partial charge < -0.3 is 0 Å². The third-order valence-electron chi connectivity index (χ3n) is 1.14. The molecule has 1 aromatic rings. The van der Waals surface area contributed by atoms with E-state index >= 15 is 0 Å². The number of aromatic nitrogens is 2. The van der Waals surface area contributed by atoms with Crippen LogP contribution in [0.15, 0.2) is 12.4 Å². The van der Waals surface area contributed by atoms with E-state index in [9.17, 15) is 4.39 Å². The van der Waals surface area contributed by atoms with Gasteiger partial charge in [0.1, 0.15) is 0 Å². The number of halogens is 1. The molecule has 4 heteroatoms. The van der Waals surface area contributed by atoms with Crippen molar-refractivity contribution < 1.29 is 4.39 Å². The van der Waals surface area contributed by atoms with Crippen molar-refractivity contribution >= 4 is 24.7 Å². The van der Waals surface area contributed by atoms with Crippen LogP contribution in [-0.4, -0.2) is 31.1 Å². The maximum atomic E-state index is 12.3. The van der Waals surface area contributed by atoms with Gasteiger partial charge in [0, 0.05) is 0 Å². The fraction of sp³-hybridized carbons (Fsp3) is 0.500. The van der Waals surface area contributed by atoms with Crippen LogP contribution in [-0.2, 0) is 0 Å². The van der Waals surface area contributed by atoms with Gasteiger partial charge in [-0.1, -0.05) is 0 Å². The molecule has 0 aromatic carbocycles. The Morgan fingerprint density at radius 3 is 2.17 bits per heavy atom. The first-order chi connectivity index (χ1) is 5.47. The second kappa shape index (κ2) is 3.68. The normalized spacial score (nSPS) is 11.7. The van der Waals surface area contributed by atoms with Crippen LogP contribution in [0.3, 0.4) is 0 Å². The molecular formula is C8H11FN2Sn. The molecule has 2 radical (unpaired) electrons. The molecule has 0 saturated carbocycles. The minimum absolute atomic E-state index is 0.366. The van der Waals surface area contributed by atoms with Crippen molar-refractivity contribution in [3.05, 3.63) is 18.5 Å². The van der Waals surface area contributed by atoms with Gasteiger partial charge in [-0.15, -0.1) is 0 Å². The van der Waals surface area contributed by atoms with E-state index in [-0.39, 0.29) is 0 Å². The van der Waals surface area contributed by atoms with Crippen LogP contribution < -0.4 is 3.58 Å². The maximum absolute atomic E-state index is 12.3. The molecule has 0 bridgehead atoms. The summed E-state index contributed by atoms with van der Waals surface area (Å²) in [5.74, 6) is 0. The van der Waals surface area contributed by atoms with Crippen LogP contribution in [0.25, 0.3) is 0 Å². The van der Waals surface area contributed by atoms with Crippen molar-refractivity contribution in [3.63, 3.8) is 0 Å². The summed E-state index contributed by atoms with van der Waals surface area (Å²) < 4.78 is 13.8. The Hall–Kier alpha value is -0.191. The van der Waals surface area contributed by atoms with E-state index < -0.39 is 27.2 Å². The number of rotatable bonds is 1. The molecule has 0 aliphatic heterocycles. The molecule has 0 spiro atoms. The molecule has 1 rings (SSSR count). The summed E-state index contributed by atoms with van der Waals surface area (Å²) in [7, 11) is 0. The van der Waals surface area contributed by atoms with Gasteiger partial charge in [-0.2, -0.15) is 0 Å². The zero-order valence-corrected chi connectivity index (χ0v) is 10.3. The quantitative estimate of drug-likeness (QED) is 0.567. The van der Waals surface area contributed by atoms with Crippen LogP contribution in [0.4, 0.5) is 4.39 Å². The molecular weight excluding hydrogens is 262 g/mol. The van der Waals surface area contributed by atoms with Crippen LogP contribution >= 0.6 is 0 Å². The van der Waals surface area contributed by atoms with Crippen LogP contribution in [0.5, 0.6) is 0 Å². The third-order valence-corrected chi connectivity index (χ3v) is 4.84. The van der Waals surface area contributed by atoms with E-state index in [0.717, 1.165) is 3.58 Å². The Balaban J connectivity index is 2.71. The summed E-state index contributed by atoms with van der Waals surface area (Å²) in [6.07, 6.45) is 2.59. The molecule has 0 aliphatic rings. The van der Waals surface area contributed by atoms with Gasteiger partial charge in [0.15, 0.2) is 0 Å². The zero-order chi connectivity index (χ0) is 9.19. The zero-order valence-electron chi connectivity index (χ0n) is 7.43. The molecule has 64 valence electrons. The van der Waals surface area contributed by atoms with Gasteiger partial charge in [0.25, 0.3) is 0 Å². The van der Waals surface area contributed by atoms with E-state index in [1.54, 1.807) is 12.4 Å². The third kappa shape index (κ3) is 3.47. The first-order valence-corrected chi connectivity index (χ1v) is 6.58. The fourth-order valence-electron chi connectivity index (χ4n) is 0.810. The molecule has 1 heterocycles. The molecule has 2 nitrogen and oxygen atoms in total. The Bertz CT molecular complexity index is 253. The summed E-state index contributed by atoms with van der Waals surface area (Å²) in [6.45, 7) is 6.59. The van der Waals surface area contributed by atoms with Gasteiger partial charge >= 0.3 is 81.8 Å². The van der Waals surface area contributed by atoms with Crippen molar-refractivity contribution in [1.82, 2.24) is 9.97 Å². The van der Waals surface area contributed by atoms with E-state index in [4.69, 9.17) is 0 Å². The predicted molar refractivity (Wildman–Crippen MR) is 47.1 cm³/mol. The van der Waals surface area contributed by atoms with E-state index in [0.29, 0.717) is 3.43 Å². The first-order valence-electron chi connectivity index (χ1n) is 3.73. The van der Waals surface area contributed by atoms with Gasteiger partial charge in [-0.25, -0.2) is 0 Å². The van der Waals surface area contributed by atoms with Crippen molar-refractivity contribution in [2.45, 2.75) is 24.2 Å². The topological polar surface area (TPSA) is 25.8 Å². The number of hydrogen-bond donors (Lipinski definition) is 0. The minimum atomic E-state index is -0.661. The van der Waals surface area contributed by atoms with E-state index in [2.05, 4.69) is 30.7 Å². The van der Waals surface area contributed by atoms with Gasteiger partial charge in [0.05, 0.1) is 0 Å². The summed E-state index contributed by atoms with van der Waals surface area (Å²) in [4.78, 5) is 7.06. The van der Waals surface area contributed by atoms with E-state index in [1.807, 2.05) is 0 Å². The molecule has 0 unspecified atom stereocenters. The van der Waals surface area contributed by atoms with Crippen molar-refractivity contribution in [3.8, 4) is 0 Å². The average molecular weight is 273 g/mol. The van der Waals surface area contributed by atoms with E-state index in [1.165, 1.54) is 0 Å². The standard InChI is InChI=1S/C4H2FN2.C4H9.Sn/c5-4-6-2-1-3-7-4;1-4(2)3;/h2-3H;1-3H3;. The Morgan fingerprint density at radius 2 is 1.75 bits per heavy atom. The molecule has 0 atom stereocenters. The van der Waals surface area contributed by atoms with Gasteiger partial charge in [-0.05, 0) is 0 Å². The Labute approximate surface area is 81.8 Å². The fourth-order valence-corrected chi connectivity index (χ4v) is 4.02.